The Hall–Kier alpha value is -0.840. The Bertz CT molecular complexity index is 209. The van der Waals surface area contributed by atoms with Gasteiger partial charge in [0.15, 0.2) is 0 Å². The standard InChI is InChI=1S/C4H4BrN3O/c5-3-1-4(6-2-9)8-7-3/h1-2H,(H2,6,7,8,9). The number of nitrogens with zero attached hydrogens (tertiary/aromatic N) is 1. The van der Waals surface area contributed by atoms with Crippen LogP contribution in [-0.4, -0.2) is 16.6 Å². The Morgan fingerprint density at radius 3 is 3.11 bits per heavy atom. The molecule has 1 heterocycles. The Morgan fingerprint density at radius 2 is 2.67 bits per heavy atom. The summed E-state index contributed by atoms with van der Waals surface area (Å²) in [6, 6.07) is 1.66. The van der Waals surface area contributed by atoms with Crippen molar-refractivity contribution in [1.29, 1.82) is 0 Å². The molecule has 0 fully saturated rings. The highest BCUT2D eigenvalue weighted by atomic mass is 79.9. The summed E-state index contributed by atoms with van der Waals surface area (Å²) >= 11 is 3.10. The van der Waals surface area contributed by atoms with Crippen molar-refractivity contribution in [2.24, 2.45) is 0 Å². The number of carbonyl (C=O) groups excluding carboxylic acids is 1. The minimum absolute atomic E-state index is 0.580. The zero-order chi connectivity index (χ0) is 6.69. The maximum atomic E-state index is 9.81. The molecule has 0 bridgehead atoms. The van der Waals surface area contributed by atoms with E-state index < -0.39 is 0 Å². The molecule has 5 heteroatoms. The van der Waals surface area contributed by atoms with Crippen molar-refractivity contribution in [1.82, 2.24) is 10.2 Å². The zero-order valence-electron chi connectivity index (χ0n) is 4.39. The number of anilines is 1. The van der Waals surface area contributed by atoms with E-state index in [2.05, 4.69) is 31.4 Å². The summed E-state index contributed by atoms with van der Waals surface area (Å²) in [6.07, 6.45) is 0.583. The van der Waals surface area contributed by atoms with E-state index in [0.717, 1.165) is 0 Å². The fourth-order valence-corrected chi connectivity index (χ4v) is 0.752. The van der Waals surface area contributed by atoms with Crippen LogP contribution < -0.4 is 5.32 Å². The van der Waals surface area contributed by atoms with Crippen molar-refractivity contribution in [3.63, 3.8) is 0 Å². The second kappa shape index (κ2) is 2.63. The lowest BCUT2D eigenvalue weighted by Gasteiger charge is -1.85. The average Bonchev–Trinajstić information content (AvgIpc) is 2.17. The maximum Gasteiger partial charge on any atom is 0.212 e. The van der Waals surface area contributed by atoms with Crippen LogP contribution in [0.2, 0.25) is 0 Å². The molecule has 0 aromatic carbocycles. The van der Waals surface area contributed by atoms with Gasteiger partial charge < -0.3 is 5.32 Å². The molecule has 0 atom stereocenters. The van der Waals surface area contributed by atoms with Crippen LogP contribution in [0.5, 0.6) is 0 Å². The highest BCUT2D eigenvalue weighted by molar-refractivity contribution is 9.10. The third kappa shape index (κ3) is 1.53. The number of rotatable bonds is 2. The number of halogens is 1. The molecular weight excluding hydrogens is 186 g/mol. The normalized spacial score (nSPS) is 9.00. The Balaban J connectivity index is 2.72. The predicted molar refractivity (Wildman–Crippen MR) is 36.0 cm³/mol. The van der Waals surface area contributed by atoms with E-state index in [0.29, 0.717) is 16.8 Å². The maximum absolute atomic E-state index is 9.81. The zero-order valence-corrected chi connectivity index (χ0v) is 5.97. The molecule has 9 heavy (non-hydrogen) atoms. The van der Waals surface area contributed by atoms with Gasteiger partial charge in [0.05, 0.1) is 0 Å². The van der Waals surface area contributed by atoms with Crippen LogP contribution in [0.25, 0.3) is 0 Å². The number of H-pyrrole nitrogens is 1. The monoisotopic (exact) mass is 189 g/mol. The Labute approximate surface area is 59.8 Å². The molecule has 0 spiro atoms. The second-order valence-corrected chi connectivity index (χ2v) is 2.18. The van der Waals surface area contributed by atoms with Crippen molar-refractivity contribution >= 4 is 28.2 Å². The van der Waals surface area contributed by atoms with Gasteiger partial charge in [-0.3, -0.25) is 9.89 Å². The molecule has 0 radical (unpaired) electrons. The minimum Gasteiger partial charge on any atom is -0.314 e. The van der Waals surface area contributed by atoms with E-state index in [9.17, 15) is 4.79 Å². The molecule has 0 aliphatic heterocycles. The largest absolute Gasteiger partial charge is 0.314 e. The number of amides is 1. The molecule has 0 unspecified atom stereocenters. The van der Waals surface area contributed by atoms with Crippen molar-refractivity contribution in [3.8, 4) is 0 Å². The number of aromatic nitrogens is 2. The number of aromatic amines is 1. The molecule has 0 saturated heterocycles. The van der Waals surface area contributed by atoms with Crippen LogP contribution in [0.1, 0.15) is 0 Å². The smallest absolute Gasteiger partial charge is 0.212 e. The summed E-state index contributed by atoms with van der Waals surface area (Å²) in [6.45, 7) is 0. The van der Waals surface area contributed by atoms with E-state index in [4.69, 9.17) is 0 Å². The Morgan fingerprint density at radius 1 is 1.89 bits per heavy atom. The van der Waals surface area contributed by atoms with Gasteiger partial charge in [0.25, 0.3) is 0 Å². The van der Waals surface area contributed by atoms with Gasteiger partial charge in [-0.25, -0.2) is 0 Å². The first-order valence-corrected chi connectivity index (χ1v) is 3.03. The van der Waals surface area contributed by atoms with Crippen LogP contribution in [-0.2, 0) is 4.79 Å². The molecule has 1 aromatic rings. The van der Waals surface area contributed by atoms with Crippen LogP contribution in [0.15, 0.2) is 10.7 Å². The first-order valence-electron chi connectivity index (χ1n) is 2.24. The summed E-state index contributed by atoms with van der Waals surface area (Å²) in [5.41, 5.74) is 0. The summed E-state index contributed by atoms with van der Waals surface area (Å²) in [5, 5.41) is 8.67. The molecule has 2 N–H and O–H groups in total. The second-order valence-electron chi connectivity index (χ2n) is 1.37. The van der Waals surface area contributed by atoms with E-state index >= 15 is 0 Å². The minimum atomic E-state index is 0.580. The molecule has 1 amide bonds. The van der Waals surface area contributed by atoms with Gasteiger partial charge in [0, 0.05) is 6.07 Å². The van der Waals surface area contributed by atoms with Crippen molar-refractivity contribution in [2.75, 3.05) is 5.32 Å². The number of nitrogens with one attached hydrogen (secondary N) is 2. The van der Waals surface area contributed by atoms with Crippen molar-refractivity contribution in [3.05, 3.63) is 10.7 Å². The number of carbonyl (C=O) groups is 1. The molecule has 0 saturated carbocycles. The lowest BCUT2D eigenvalue weighted by Crippen LogP contribution is -1.92. The number of hydrogen-bond acceptors (Lipinski definition) is 2. The SMILES string of the molecule is O=CNc1cc(Br)n[nH]1. The summed E-state index contributed by atoms with van der Waals surface area (Å²) in [5.74, 6) is 0.580. The van der Waals surface area contributed by atoms with E-state index in [-0.39, 0.29) is 0 Å². The van der Waals surface area contributed by atoms with Gasteiger partial charge in [-0.15, -0.1) is 0 Å². The fraction of sp³-hybridized carbons (Fsp3) is 0. The van der Waals surface area contributed by atoms with E-state index in [1.807, 2.05) is 0 Å². The third-order valence-corrected chi connectivity index (χ3v) is 1.17. The summed E-state index contributed by atoms with van der Waals surface area (Å²) in [7, 11) is 0. The highest BCUT2D eigenvalue weighted by Crippen LogP contribution is 2.09. The van der Waals surface area contributed by atoms with Crippen LogP contribution >= 0.6 is 15.9 Å². The van der Waals surface area contributed by atoms with Crippen LogP contribution in [0, 0.1) is 0 Å². The fourth-order valence-electron chi connectivity index (χ4n) is 0.435. The van der Waals surface area contributed by atoms with Gasteiger partial charge in [0.1, 0.15) is 10.4 Å². The van der Waals surface area contributed by atoms with E-state index in [1.54, 1.807) is 6.07 Å². The van der Waals surface area contributed by atoms with Crippen molar-refractivity contribution < 1.29 is 4.79 Å². The number of hydrogen-bond donors (Lipinski definition) is 2. The quantitative estimate of drug-likeness (QED) is 0.675. The predicted octanol–water partition coefficient (Wildman–Crippen LogP) is 0.740. The topological polar surface area (TPSA) is 57.8 Å². The van der Waals surface area contributed by atoms with Gasteiger partial charge in [-0.2, -0.15) is 5.10 Å². The molecule has 4 nitrogen and oxygen atoms in total. The molecule has 0 aliphatic rings. The molecule has 48 valence electrons. The lowest BCUT2D eigenvalue weighted by atomic mass is 10.6. The third-order valence-electron chi connectivity index (χ3n) is 0.761. The molecular formula is C4H4BrN3O. The summed E-state index contributed by atoms with van der Waals surface area (Å²) in [4.78, 5) is 9.81. The van der Waals surface area contributed by atoms with Gasteiger partial charge >= 0.3 is 0 Å². The molecule has 0 aliphatic carbocycles. The average molecular weight is 190 g/mol. The van der Waals surface area contributed by atoms with Crippen LogP contribution in [0.4, 0.5) is 5.82 Å². The van der Waals surface area contributed by atoms with Crippen molar-refractivity contribution in [2.45, 2.75) is 0 Å². The molecule has 1 aromatic heterocycles. The highest BCUT2D eigenvalue weighted by Gasteiger charge is 1.92. The van der Waals surface area contributed by atoms with Gasteiger partial charge in [-0.05, 0) is 15.9 Å². The Kier molecular flexibility index (Phi) is 1.84. The van der Waals surface area contributed by atoms with Crippen LogP contribution in [0.3, 0.4) is 0 Å². The first-order chi connectivity index (χ1) is 4.33. The summed E-state index contributed by atoms with van der Waals surface area (Å²) < 4.78 is 0.673. The van der Waals surface area contributed by atoms with Gasteiger partial charge in [-0.1, -0.05) is 0 Å². The first kappa shape index (κ1) is 6.28. The van der Waals surface area contributed by atoms with E-state index in [1.165, 1.54) is 0 Å². The molecule has 1 rings (SSSR count). The lowest BCUT2D eigenvalue weighted by molar-refractivity contribution is -0.105. The van der Waals surface area contributed by atoms with Gasteiger partial charge in [0.2, 0.25) is 6.41 Å².